The van der Waals surface area contributed by atoms with Gasteiger partial charge in [-0.1, -0.05) is 12.1 Å². The molecule has 0 saturated heterocycles. The van der Waals surface area contributed by atoms with E-state index in [1.165, 1.54) is 28.8 Å². The third kappa shape index (κ3) is 3.29. The second-order valence-corrected chi connectivity index (χ2v) is 5.96. The first kappa shape index (κ1) is 16.9. The van der Waals surface area contributed by atoms with Crippen LogP contribution >= 0.6 is 0 Å². The van der Waals surface area contributed by atoms with Gasteiger partial charge in [-0.15, -0.1) is 5.10 Å². The molecule has 136 valence electrons. The number of fused-ring (bicyclic) bond motifs is 1. The average molecular weight is 368 g/mol. The summed E-state index contributed by atoms with van der Waals surface area (Å²) in [5, 5.41) is 7.02. The molecule has 0 spiro atoms. The van der Waals surface area contributed by atoms with Gasteiger partial charge in [-0.2, -0.15) is 9.50 Å². The first-order valence-electron chi connectivity index (χ1n) is 8.16. The number of oxazole rings is 1. The molecule has 0 atom stereocenters. The molecule has 2 heterocycles. The van der Waals surface area contributed by atoms with Crippen LogP contribution in [0.4, 0.5) is 8.78 Å². The van der Waals surface area contributed by atoms with E-state index in [4.69, 9.17) is 4.42 Å². The zero-order chi connectivity index (χ0) is 19.0. The summed E-state index contributed by atoms with van der Waals surface area (Å²) in [6, 6.07) is 11.6. The van der Waals surface area contributed by atoms with Crippen LogP contribution < -0.4 is 5.32 Å². The Bertz CT molecular complexity index is 1120. The van der Waals surface area contributed by atoms with E-state index >= 15 is 0 Å². The lowest BCUT2D eigenvalue weighted by atomic mass is 10.2. The number of rotatable bonds is 4. The van der Waals surface area contributed by atoms with Gasteiger partial charge in [-0.25, -0.2) is 8.78 Å². The molecule has 0 bridgehead atoms. The van der Waals surface area contributed by atoms with Gasteiger partial charge in [0.2, 0.25) is 5.76 Å². The van der Waals surface area contributed by atoms with Crippen molar-refractivity contribution in [1.82, 2.24) is 19.9 Å². The van der Waals surface area contributed by atoms with Crippen molar-refractivity contribution in [3.63, 3.8) is 0 Å². The quantitative estimate of drug-likeness (QED) is 0.598. The maximum Gasteiger partial charge on any atom is 0.325 e. The summed E-state index contributed by atoms with van der Waals surface area (Å²) in [5.41, 5.74) is 1.88. The number of halogens is 2. The summed E-state index contributed by atoms with van der Waals surface area (Å²) in [4.78, 5) is 16.6. The Kier molecular flexibility index (Phi) is 4.15. The highest BCUT2D eigenvalue weighted by atomic mass is 19.1. The van der Waals surface area contributed by atoms with Crippen molar-refractivity contribution in [1.29, 1.82) is 0 Å². The first-order chi connectivity index (χ1) is 13.0. The minimum Gasteiger partial charge on any atom is -0.416 e. The maximum absolute atomic E-state index is 13.0. The molecule has 2 aromatic heterocycles. The Morgan fingerprint density at radius 3 is 2.33 bits per heavy atom. The fraction of sp³-hybridized carbons (Fsp3) is 0.105. The molecule has 4 aromatic rings. The summed E-state index contributed by atoms with van der Waals surface area (Å²) in [6.07, 6.45) is 0. The molecule has 0 fully saturated rings. The number of aryl methyl sites for hydroxylation is 1. The Balaban J connectivity index is 1.54. The molecule has 0 aliphatic rings. The minimum atomic E-state index is -0.424. The zero-order valence-electron chi connectivity index (χ0n) is 14.2. The van der Waals surface area contributed by atoms with Crippen molar-refractivity contribution >= 4 is 11.8 Å². The van der Waals surface area contributed by atoms with E-state index in [0.717, 1.165) is 5.56 Å². The fourth-order valence-electron chi connectivity index (χ4n) is 2.64. The topological polar surface area (TPSA) is 72.4 Å². The van der Waals surface area contributed by atoms with Crippen LogP contribution in [0.2, 0.25) is 0 Å². The molecule has 0 radical (unpaired) electrons. The number of carbonyl (C=O) groups is 1. The van der Waals surface area contributed by atoms with Gasteiger partial charge in [0.15, 0.2) is 5.82 Å². The molecule has 0 saturated carbocycles. The van der Waals surface area contributed by atoms with Gasteiger partial charge < -0.3 is 9.73 Å². The molecule has 4 rings (SSSR count). The molecular formula is C19H14F2N4O2. The number of aromatic nitrogens is 3. The van der Waals surface area contributed by atoms with Crippen LogP contribution in [-0.2, 0) is 6.54 Å². The third-order valence-corrected chi connectivity index (χ3v) is 4.09. The molecular weight excluding hydrogens is 354 g/mol. The van der Waals surface area contributed by atoms with Crippen LogP contribution in [-0.4, -0.2) is 20.5 Å². The van der Waals surface area contributed by atoms with E-state index in [2.05, 4.69) is 15.4 Å². The number of benzene rings is 2. The minimum absolute atomic E-state index is 0.0952. The first-order valence-corrected chi connectivity index (χ1v) is 8.16. The highest BCUT2D eigenvalue weighted by Crippen LogP contribution is 2.20. The standard InChI is InChI=1S/C19H14F2N4O2/c1-11-16(18(26)22-10-12-2-6-14(20)7-3-12)27-19-23-17(24-25(11)19)13-4-8-15(21)9-5-13/h2-9H,10H2,1H3,(H,22,26). The fourth-order valence-corrected chi connectivity index (χ4v) is 2.64. The molecule has 2 aromatic carbocycles. The Morgan fingerprint density at radius 1 is 1.07 bits per heavy atom. The van der Waals surface area contributed by atoms with Crippen LogP contribution in [0.1, 0.15) is 21.8 Å². The second-order valence-electron chi connectivity index (χ2n) is 5.96. The summed E-state index contributed by atoms with van der Waals surface area (Å²) >= 11 is 0. The molecule has 1 amide bonds. The Labute approximate surface area is 152 Å². The number of hydrogen-bond acceptors (Lipinski definition) is 4. The van der Waals surface area contributed by atoms with E-state index in [1.807, 2.05) is 0 Å². The number of amides is 1. The van der Waals surface area contributed by atoms with Gasteiger partial charge in [0.05, 0.1) is 5.69 Å². The lowest BCUT2D eigenvalue weighted by molar-refractivity contribution is 0.0924. The monoisotopic (exact) mass is 368 g/mol. The van der Waals surface area contributed by atoms with Crippen LogP contribution in [0.5, 0.6) is 0 Å². The van der Waals surface area contributed by atoms with E-state index < -0.39 is 5.91 Å². The number of nitrogens with one attached hydrogen (secondary N) is 1. The van der Waals surface area contributed by atoms with E-state index in [-0.39, 0.29) is 29.8 Å². The van der Waals surface area contributed by atoms with Crippen molar-refractivity contribution in [3.05, 3.63) is 77.2 Å². The molecule has 8 heteroatoms. The zero-order valence-corrected chi connectivity index (χ0v) is 14.2. The van der Waals surface area contributed by atoms with Crippen LogP contribution in [0.15, 0.2) is 52.9 Å². The van der Waals surface area contributed by atoms with Crippen LogP contribution in [0.3, 0.4) is 0 Å². The van der Waals surface area contributed by atoms with Crippen LogP contribution in [0, 0.1) is 18.6 Å². The second kappa shape index (κ2) is 6.64. The van der Waals surface area contributed by atoms with E-state index in [0.29, 0.717) is 17.1 Å². The smallest absolute Gasteiger partial charge is 0.325 e. The normalized spacial score (nSPS) is 11.1. The van der Waals surface area contributed by atoms with Gasteiger partial charge in [0.25, 0.3) is 5.91 Å². The predicted molar refractivity (Wildman–Crippen MR) is 93.0 cm³/mol. The molecule has 0 aliphatic carbocycles. The number of carbonyl (C=O) groups excluding carboxylic acids is 1. The summed E-state index contributed by atoms with van der Waals surface area (Å²) in [6.45, 7) is 1.92. The third-order valence-electron chi connectivity index (χ3n) is 4.09. The average Bonchev–Trinajstić information content (AvgIpc) is 3.21. The summed E-state index contributed by atoms with van der Waals surface area (Å²) < 4.78 is 32.9. The summed E-state index contributed by atoms with van der Waals surface area (Å²) in [5.74, 6) is -0.478. The van der Waals surface area contributed by atoms with Crippen molar-refractivity contribution < 1.29 is 18.0 Å². The number of hydrogen-bond donors (Lipinski definition) is 1. The van der Waals surface area contributed by atoms with Crippen molar-refractivity contribution in [2.75, 3.05) is 0 Å². The molecule has 27 heavy (non-hydrogen) atoms. The highest BCUT2D eigenvalue weighted by Gasteiger charge is 2.21. The largest absolute Gasteiger partial charge is 0.416 e. The van der Waals surface area contributed by atoms with E-state index in [1.54, 1.807) is 31.2 Å². The number of nitrogens with zero attached hydrogens (tertiary/aromatic N) is 3. The van der Waals surface area contributed by atoms with Gasteiger partial charge in [-0.3, -0.25) is 4.79 Å². The predicted octanol–water partition coefficient (Wildman–Crippen LogP) is 3.51. The lowest BCUT2D eigenvalue weighted by Gasteiger charge is -2.03. The SMILES string of the molecule is Cc1c(C(=O)NCc2ccc(F)cc2)oc2nc(-c3ccc(F)cc3)nn12. The molecule has 0 aliphatic heterocycles. The summed E-state index contributed by atoms with van der Waals surface area (Å²) in [7, 11) is 0. The molecule has 6 nitrogen and oxygen atoms in total. The van der Waals surface area contributed by atoms with E-state index in [9.17, 15) is 13.6 Å². The van der Waals surface area contributed by atoms with Gasteiger partial charge in [0, 0.05) is 12.1 Å². The molecule has 0 unspecified atom stereocenters. The maximum atomic E-state index is 13.0. The Morgan fingerprint density at radius 2 is 1.70 bits per heavy atom. The van der Waals surface area contributed by atoms with Crippen molar-refractivity contribution in [2.24, 2.45) is 0 Å². The van der Waals surface area contributed by atoms with Gasteiger partial charge in [0.1, 0.15) is 11.6 Å². The Hall–Kier alpha value is -3.55. The van der Waals surface area contributed by atoms with Crippen molar-refractivity contribution in [2.45, 2.75) is 13.5 Å². The van der Waals surface area contributed by atoms with Gasteiger partial charge >= 0.3 is 5.84 Å². The van der Waals surface area contributed by atoms with Crippen LogP contribution in [0.25, 0.3) is 17.2 Å². The van der Waals surface area contributed by atoms with Gasteiger partial charge in [-0.05, 0) is 48.9 Å². The van der Waals surface area contributed by atoms with Crippen molar-refractivity contribution in [3.8, 4) is 11.4 Å². The molecule has 1 N–H and O–H groups in total. The highest BCUT2D eigenvalue weighted by molar-refractivity contribution is 5.92. The lowest BCUT2D eigenvalue weighted by Crippen LogP contribution is -2.23.